The van der Waals surface area contributed by atoms with Crippen LogP contribution in [0.2, 0.25) is 0 Å². The number of carbonyl (C=O) groups is 8. The molecule has 1 fully saturated rings. The largest absolute Gasteiger partial charge is 0.445 e. The summed E-state index contributed by atoms with van der Waals surface area (Å²) in [4.78, 5) is 121. The summed E-state index contributed by atoms with van der Waals surface area (Å²) in [6.07, 6.45) is 9.35. The fraction of sp³-hybridized carbons (Fsp3) is 0.353. The average Bonchev–Trinajstić information content (AvgIpc) is 3.95. The second kappa shape index (κ2) is 25.0. The third-order valence-corrected chi connectivity index (χ3v) is 12.4. The number of nitrogens with one attached hydrogen (secondary N) is 6. The molecule has 5 aromatic rings. The summed E-state index contributed by atoms with van der Waals surface area (Å²) in [6.45, 7) is 5.79. The van der Waals surface area contributed by atoms with E-state index in [-0.39, 0.29) is 62.1 Å². The van der Waals surface area contributed by atoms with Crippen molar-refractivity contribution in [2.75, 3.05) is 54.8 Å². The maximum Gasteiger partial charge on any atom is 0.410 e. The van der Waals surface area contributed by atoms with Gasteiger partial charge < -0.3 is 52.3 Å². The Hall–Kier alpha value is -8.89. The minimum Gasteiger partial charge on any atom is -0.445 e. The first-order chi connectivity index (χ1) is 35.6. The lowest BCUT2D eigenvalue weighted by atomic mass is 10.0. The number of primary amides is 2. The molecular weight excluding hydrogens is 953 g/mol. The van der Waals surface area contributed by atoms with Crippen LogP contribution in [0.1, 0.15) is 57.9 Å². The van der Waals surface area contributed by atoms with Gasteiger partial charge in [-0.15, -0.1) is 0 Å². The second-order valence-electron chi connectivity index (χ2n) is 18.1. The number of imide groups is 1. The SMILES string of the molecule is CC(C)[C@H](NC(=O)CCCCCN1C(=O)C=CC1=O)C(=O)N[C@@H](CCCNC(N)=O)C(=O)Nc1ccc(COC(=O)N2CCN(c3cncc(-c4cc(-c5ccccn5)c5[nH]c(NC(N)=O)nc5c4)c3)CC2)cc1. The maximum absolute atomic E-state index is 13.7. The first-order valence-electron chi connectivity index (χ1n) is 24.3. The van der Waals surface area contributed by atoms with Crippen LogP contribution in [0.4, 0.5) is 31.7 Å². The van der Waals surface area contributed by atoms with Gasteiger partial charge >= 0.3 is 18.2 Å². The number of imidazole rings is 1. The zero-order valence-corrected chi connectivity index (χ0v) is 41.1. The first-order valence-corrected chi connectivity index (χ1v) is 24.3. The molecule has 5 heterocycles. The minimum atomic E-state index is -1.05. The summed E-state index contributed by atoms with van der Waals surface area (Å²) in [5, 5.41) is 13.3. The van der Waals surface area contributed by atoms with E-state index < -0.39 is 42.1 Å². The fourth-order valence-electron chi connectivity index (χ4n) is 8.45. The number of anilines is 3. The predicted octanol–water partition coefficient (Wildman–Crippen LogP) is 4.13. The number of hydrogen-bond acceptors (Lipinski definition) is 13. The number of amides is 10. The van der Waals surface area contributed by atoms with Gasteiger partial charge in [0.15, 0.2) is 0 Å². The molecule has 388 valence electrons. The zero-order valence-electron chi connectivity index (χ0n) is 41.1. The Bertz CT molecular complexity index is 2870. The van der Waals surface area contributed by atoms with Gasteiger partial charge in [0.05, 0.1) is 28.6 Å². The van der Waals surface area contributed by atoms with E-state index in [0.717, 1.165) is 27.3 Å². The molecule has 0 aliphatic carbocycles. The maximum atomic E-state index is 13.7. The van der Waals surface area contributed by atoms with Crippen LogP contribution in [0.5, 0.6) is 0 Å². The van der Waals surface area contributed by atoms with Gasteiger partial charge in [-0.25, -0.2) is 19.4 Å². The second-order valence-corrected chi connectivity index (χ2v) is 18.1. The average molecular weight is 1010 g/mol. The molecule has 0 unspecified atom stereocenters. The number of fused-ring (bicyclic) bond motifs is 1. The normalized spacial score (nSPS) is 14.2. The Morgan fingerprint density at radius 1 is 0.797 bits per heavy atom. The van der Waals surface area contributed by atoms with Gasteiger partial charge in [0, 0.05) is 87.0 Å². The summed E-state index contributed by atoms with van der Waals surface area (Å²) in [5.74, 6) is -2.29. The molecule has 2 atom stereocenters. The van der Waals surface area contributed by atoms with Crippen molar-refractivity contribution in [3.63, 3.8) is 0 Å². The molecule has 0 saturated carbocycles. The smallest absolute Gasteiger partial charge is 0.410 e. The van der Waals surface area contributed by atoms with E-state index in [0.29, 0.717) is 79.8 Å². The van der Waals surface area contributed by atoms with Crippen LogP contribution in [-0.2, 0) is 35.3 Å². The van der Waals surface area contributed by atoms with Crippen LogP contribution in [0.15, 0.2) is 91.4 Å². The number of benzene rings is 2. The van der Waals surface area contributed by atoms with Crippen molar-refractivity contribution in [3.8, 4) is 22.4 Å². The highest BCUT2D eigenvalue weighted by molar-refractivity contribution is 6.12. The summed E-state index contributed by atoms with van der Waals surface area (Å²) >= 11 is 0. The molecule has 7 rings (SSSR count). The van der Waals surface area contributed by atoms with E-state index in [4.69, 9.17) is 16.2 Å². The summed E-state index contributed by atoms with van der Waals surface area (Å²) in [5.41, 5.74) is 16.9. The molecular formula is C51H60N14O9. The Kier molecular flexibility index (Phi) is 17.9. The highest BCUT2D eigenvalue weighted by Crippen LogP contribution is 2.34. The number of unbranched alkanes of at least 4 members (excludes halogenated alkanes) is 2. The molecule has 10 N–H and O–H groups in total. The number of aromatic amines is 1. The van der Waals surface area contributed by atoms with Crippen molar-refractivity contribution in [1.29, 1.82) is 0 Å². The third-order valence-electron chi connectivity index (χ3n) is 12.4. The number of nitrogens with two attached hydrogens (primary N) is 2. The van der Waals surface area contributed by atoms with Gasteiger partial charge in [0.2, 0.25) is 23.7 Å². The quantitative estimate of drug-likeness (QED) is 0.0358. The molecule has 10 amide bonds. The number of nitrogens with zero attached hydrogens (tertiary/aromatic N) is 6. The van der Waals surface area contributed by atoms with E-state index in [1.807, 2.05) is 36.4 Å². The van der Waals surface area contributed by atoms with Crippen molar-refractivity contribution in [1.82, 2.24) is 45.7 Å². The lowest BCUT2D eigenvalue weighted by Crippen LogP contribution is -2.54. The van der Waals surface area contributed by atoms with Crippen LogP contribution in [-0.4, -0.2) is 129 Å². The first kappa shape index (κ1) is 52.9. The number of aromatic nitrogens is 4. The van der Waals surface area contributed by atoms with Gasteiger partial charge in [-0.1, -0.05) is 38.5 Å². The van der Waals surface area contributed by atoms with Crippen LogP contribution in [0.25, 0.3) is 33.4 Å². The Morgan fingerprint density at radius 3 is 2.24 bits per heavy atom. The zero-order chi connectivity index (χ0) is 52.7. The highest BCUT2D eigenvalue weighted by atomic mass is 16.6. The predicted molar refractivity (Wildman–Crippen MR) is 275 cm³/mol. The molecule has 2 aromatic carbocycles. The van der Waals surface area contributed by atoms with Crippen molar-refractivity contribution < 1.29 is 43.1 Å². The molecule has 1 saturated heterocycles. The summed E-state index contributed by atoms with van der Waals surface area (Å²) in [6, 6.07) is 14.7. The lowest BCUT2D eigenvalue weighted by molar-refractivity contribution is -0.137. The number of piperazine rings is 1. The molecule has 3 aromatic heterocycles. The van der Waals surface area contributed by atoms with Crippen LogP contribution in [0, 0.1) is 5.92 Å². The molecule has 0 radical (unpaired) electrons. The molecule has 2 aliphatic heterocycles. The van der Waals surface area contributed by atoms with Crippen molar-refractivity contribution in [2.24, 2.45) is 17.4 Å². The number of urea groups is 2. The topological polar surface area (TPSA) is 322 Å². The Labute approximate surface area is 426 Å². The van der Waals surface area contributed by atoms with Crippen molar-refractivity contribution in [2.45, 2.75) is 71.1 Å². The minimum absolute atomic E-state index is 0.0215. The van der Waals surface area contributed by atoms with E-state index in [1.54, 1.807) is 61.6 Å². The number of H-pyrrole nitrogens is 1. The summed E-state index contributed by atoms with van der Waals surface area (Å²) in [7, 11) is 0. The fourth-order valence-corrected chi connectivity index (χ4v) is 8.45. The van der Waals surface area contributed by atoms with Crippen LogP contribution >= 0.6 is 0 Å². The van der Waals surface area contributed by atoms with Crippen molar-refractivity contribution >= 4 is 76.0 Å². The van der Waals surface area contributed by atoms with Crippen LogP contribution < -0.4 is 43.0 Å². The highest BCUT2D eigenvalue weighted by Gasteiger charge is 2.30. The van der Waals surface area contributed by atoms with Gasteiger partial charge in [-0.3, -0.25) is 44.2 Å². The number of carbonyl (C=O) groups excluding carboxylic acids is 8. The molecule has 2 aliphatic rings. The van der Waals surface area contributed by atoms with E-state index in [1.165, 1.54) is 12.2 Å². The Balaban J connectivity index is 0.888. The van der Waals surface area contributed by atoms with E-state index in [9.17, 15) is 38.4 Å². The number of rotatable bonds is 22. The van der Waals surface area contributed by atoms with Crippen molar-refractivity contribution in [3.05, 3.63) is 97.0 Å². The number of hydrogen-bond donors (Lipinski definition) is 8. The number of ether oxygens (including phenoxy) is 1. The molecule has 0 bridgehead atoms. The third kappa shape index (κ3) is 14.4. The van der Waals surface area contributed by atoms with Gasteiger partial charge in [-0.05, 0) is 85.2 Å². The van der Waals surface area contributed by atoms with E-state index in [2.05, 4.69) is 51.4 Å². The monoisotopic (exact) mass is 1010 g/mol. The van der Waals surface area contributed by atoms with Gasteiger partial charge in [0.25, 0.3) is 11.8 Å². The van der Waals surface area contributed by atoms with Crippen LogP contribution in [0.3, 0.4) is 0 Å². The summed E-state index contributed by atoms with van der Waals surface area (Å²) < 4.78 is 5.68. The standard InChI is InChI=1S/C51H60N14O9/c1-31(2)44(60-41(66)11-4-3-7-20-65-42(67)16-17-43(65)68)47(70)58-39(10-8-19-56-48(52)71)46(69)57-35-14-12-32(13-15-35)30-74-51(73)64-23-21-63(22-24-64)36-25-34(28-54-29-36)33-26-37(38-9-5-6-18-55-38)45-40(27-33)59-50(61-45)62-49(53)72/h5-6,9,12-18,25-29,31,39,44H,3-4,7-8,10-11,19-24,30H2,1-2H3,(H,57,69)(H,58,70)(H,60,66)(H3,52,56,71)(H4,53,59,61,62,72)/t39-,44-/m0/s1. The van der Waals surface area contributed by atoms with Gasteiger partial charge in [0.1, 0.15) is 18.7 Å². The molecule has 23 nitrogen and oxygen atoms in total. The van der Waals surface area contributed by atoms with Gasteiger partial charge in [-0.2, -0.15) is 0 Å². The lowest BCUT2D eigenvalue weighted by Gasteiger charge is -2.35. The molecule has 74 heavy (non-hydrogen) atoms. The molecule has 23 heteroatoms. The number of pyridine rings is 2. The Morgan fingerprint density at radius 2 is 1.55 bits per heavy atom. The molecule has 0 spiro atoms. The van der Waals surface area contributed by atoms with E-state index >= 15 is 0 Å².